The average molecular weight is 239 g/mol. The van der Waals surface area contributed by atoms with Crippen molar-refractivity contribution in [1.29, 1.82) is 0 Å². The van der Waals surface area contributed by atoms with Crippen molar-refractivity contribution < 1.29 is 9.26 Å². The third kappa shape index (κ3) is 3.04. The number of nitrogens with zero attached hydrogens (tertiary/aromatic N) is 2. The molecule has 0 spiro atoms. The quantitative estimate of drug-likeness (QED) is 0.823. The molecule has 0 aliphatic heterocycles. The number of rotatable bonds is 6. The van der Waals surface area contributed by atoms with E-state index < -0.39 is 0 Å². The van der Waals surface area contributed by atoms with Crippen molar-refractivity contribution in [3.63, 3.8) is 0 Å². The molecule has 2 N–H and O–H groups in total. The van der Waals surface area contributed by atoms with Gasteiger partial charge < -0.3 is 15.0 Å². The van der Waals surface area contributed by atoms with Crippen LogP contribution >= 0.6 is 0 Å². The highest BCUT2D eigenvalue weighted by Crippen LogP contribution is 2.42. The normalized spacial score (nSPS) is 19.6. The van der Waals surface area contributed by atoms with E-state index in [0.29, 0.717) is 23.6 Å². The summed E-state index contributed by atoms with van der Waals surface area (Å²) in [6.07, 6.45) is 3.18. The van der Waals surface area contributed by atoms with Gasteiger partial charge in [0.05, 0.1) is 6.04 Å². The Bertz CT molecular complexity index is 360. The van der Waals surface area contributed by atoms with Gasteiger partial charge in [-0.05, 0) is 31.1 Å². The van der Waals surface area contributed by atoms with Crippen molar-refractivity contribution in [2.45, 2.75) is 45.3 Å². The zero-order chi connectivity index (χ0) is 12.4. The first-order chi connectivity index (χ1) is 8.11. The van der Waals surface area contributed by atoms with Crippen molar-refractivity contribution in [2.75, 3.05) is 7.11 Å². The minimum Gasteiger partial charge on any atom is -0.373 e. The van der Waals surface area contributed by atoms with Crippen molar-refractivity contribution >= 4 is 0 Å². The fraction of sp³-hybridized carbons (Fsp3) is 0.833. The molecule has 0 saturated heterocycles. The first-order valence-corrected chi connectivity index (χ1v) is 6.23. The molecule has 0 radical (unpaired) electrons. The molecule has 1 aromatic rings. The largest absolute Gasteiger partial charge is 0.373 e. The number of ether oxygens (including phenoxy) is 1. The molecule has 1 unspecified atom stereocenters. The third-order valence-electron chi connectivity index (χ3n) is 3.06. The summed E-state index contributed by atoms with van der Waals surface area (Å²) in [4.78, 5) is 4.37. The highest BCUT2D eigenvalue weighted by atomic mass is 16.5. The lowest BCUT2D eigenvalue weighted by atomic mass is 10.0. The van der Waals surface area contributed by atoms with Crippen LogP contribution in [-0.2, 0) is 4.74 Å². The van der Waals surface area contributed by atoms with E-state index in [9.17, 15) is 0 Å². The van der Waals surface area contributed by atoms with E-state index in [-0.39, 0.29) is 12.1 Å². The van der Waals surface area contributed by atoms with Gasteiger partial charge in [0.1, 0.15) is 6.10 Å². The zero-order valence-corrected chi connectivity index (χ0v) is 10.7. The first kappa shape index (κ1) is 12.5. The lowest BCUT2D eigenvalue weighted by molar-refractivity contribution is 0.0751. The molecule has 5 heteroatoms. The Morgan fingerprint density at radius 1 is 1.47 bits per heavy atom. The Balaban J connectivity index is 2.03. The maximum absolute atomic E-state index is 6.01. The van der Waals surface area contributed by atoms with Gasteiger partial charge in [-0.3, -0.25) is 0 Å². The van der Waals surface area contributed by atoms with Gasteiger partial charge in [0.25, 0.3) is 0 Å². The molecule has 1 aliphatic rings. The van der Waals surface area contributed by atoms with Crippen LogP contribution in [0.25, 0.3) is 0 Å². The van der Waals surface area contributed by atoms with Gasteiger partial charge in [-0.1, -0.05) is 19.0 Å². The summed E-state index contributed by atoms with van der Waals surface area (Å²) in [6, 6.07) is -0.173. The highest BCUT2D eigenvalue weighted by molar-refractivity contribution is 5.00. The number of aromatic nitrogens is 2. The maximum Gasteiger partial charge on any atom is 0.243 e. The summed E-state index contributed by atoms with van der Waals surface area (Å²) in [6.45, 7) is 4.25. The fourth-order valence-corrected chi connectivity index (χ4v) is 2.03. The monoisotopic (exact) mass is 239 g/mol. The van der Waals surface area contributed by atoms with E-state index in [0.717, 1.165) is 6.42 Å². The van der Waals surface area contributed by atoms with Gasteiger partial charge in [0.2, 0.25) is 11.7 Å². The van der Waals surface area contributed by atoms with E-state index in [1.807, 2.05) is 0 Å². The Hall–Kier alpha value is -0.940. The smallest absolute Gasteiger partial charge is 0.243 e. The van der Waals surface area contributed by atoms with E-state index in [2.05, 4.69) is 24.0 Å². The van der Waals surface area contributed by atoms with Crippen LogP contribution in [0.5, 0.6) is 0 Å². The number of hydrogen-bond acceptors (Lipinski definition) is 5. The predicted octanol–water partition coefficient (Wildman–Crippen LogP) is 2.21. The van der Waals surface area contributed by atoms with Gasteiger partial charge in [-0.25, -0.2) is 0 Å². The van der Waals surface area contributed by atoms with Crippen LogP contribution in [0.2, 0.25) is 0 Å². The van der Waals surface area contributed by atoms with Gasteiger partial charge in [0, 0.05) is 7.11 Å². The maximum atomic E-state index is 6.01. The Morgan fingerprint density at radius 2 is 2.18 bits per heavy atom. The summed E-state index contributed by atoms with van der Waals surface area (Å²) in [5.74, 6) is 2.23. The Labute approximate surface area is 102 Å². The van der Waals surface area contributed by atoms with Crippen LogP contribution in [0.3, 0.4) is 0 Å². The first-order valence-electron chi connectivity index (χ1n) is 6.23. The lowest BCUT2D eigenvalue weighted by Crippen LogP contribution is -2.14. The lowest BCUT2D eigenvalue weighted by Gasteiger charge is -2.09. The Kier molecular flexibility index (Phi) is 3.79. The van der Waals surface area contributed by atoms with Gasteiger partial charge in [-0.2, -0.15) is 4.98 Å². The van der Waals surface area contributed by atoms with Crippen LogP contribution in [0.15, 0.2) is 4.52 Å². The summed E-state index contributed by atoms with van der Waals surface area (Å²) in [5.41, 5.74) is 6.01. The molecule has 1 heterocycles. The second kappa shape index (κ2) is 5.14. The van der Waals surface area contributed by atoms with Crippen molar-refractivity contribution in [2.24, 2.45) is 17.6 Å². The molecule has 17 heavy (non-hydrogen) atoms. The van der Waals surface area contributed by atoms with E-state index in [4.69, 9.17) is 15.0 Å². The molecule has 1 saturated carbocycles. The SMILES string of the molecule is COC(c1noc([C@@H](N)CC(C)C)n1)C1CC1. The standard InChI is InChI=1S/C12H21N3O2/c1-7(2)6-9(13)12-14-11(15-17-12)10(16-3)8-4-5-8/h7-10H,4-6,13H2,1-3H3/t9-,10?/m0/s1. The van der Waals surface area contributed by atoms with Gasteiger partial charge in [0.15, 0.2) is 0 Å². The molecule has 1 fully saturated rings. The van der Waals surface area contributed by atoms with Crippen LogP contribution < -0.4 is 5.73 Å². The minimum absolute atomic E-state index is 0.0289. The third-order valence-corrected chi connectivity index (χ3v) is 3.06. The van der Waals surface area contributed by atoms with Crippen molar-refractivity contribution in [3.05, 3.63) is 11.7 Å². The van der Waals surface area contributed by atoms with Crippen molar-refractivity contribution in [1.82, 2.24) is 10.1 Å². The molecule has 0 amide bonds. The number of nitrogens with two attached hydrogens (primary N) is 1. The number of methoxy groups -OCH3 is 1. The van der Waals surface area contributed by atoms with Crippen molar-refractivity contribution in [3.8, 4) is 0 Å². The highest BCUT2D eigenvalue weighted by Gasteiger charge is 2.36. The molecule has 1 aliphatic carbocycles. The van der Waals surface area contributed by atoms with Crippen LogP contribution in [-0.4, -0.2) is 17.3 Å². The second-order valence-corrected chi connectivity index (χ2v) is 5.22. The molecule has 0 aromatic carbocycles. The second-order valence-electron chi connectivity index (χ2n) is 5.22. The van der Waals surface area contributed by atoms with Crippen LogP contribution in [0.4, 0.5) is 0 Å². The minimum atomic E-state index is -0.173. The predicted molar refractivity (Wildman–Crippen MR) is 63.2 cm³/mol. The van der Waals surface area contributed by atoms with E-state index in [1.165, 1.54) is 12.8 Å². The summed E-state index contributed by atoms with van der Waals surface area (Å²) < 4.78 is 10.6. The molecule has 2 rings (SSSR count). The summed E-state index contributed by atoms with van der Waals surface area (Å²) in [7, 11) is 1.69. The van der Waals surface area contributed by atoms with Crippen LogP contribution in [0, 0.1) is 11.8 Å². The zero-order valence-electron chi connectivity index (χ0n) is 10.7. The van der Waals surface area contributed by atoms with Gasteiger partial charge in [-0.15, -0.1) is 0 Å². The number of hydrogen-bond donors (Lipinski definition) is 1. The molecular weight excluding hydrogens is 218 g/mol. The summed E-state index contributed by atoms with van der Waals surface area (Å²) >= 11 is 0. The molecule has 1 aromatic heterocycles. The Morgan fingerprint density at radius 3 is 2.71 bits per heavy atom. The van der Waals surface area contributed by atoms with E-state index >= 15 is 0 Å². The summed E-state index contributed by atoms with van der Waals surface area (Å²) in [5, 5.41) is 3.99. The van der Waals surface area contributed by atoms with E-state index in [1.54, 1.807) is 7.11 Å². The topological polar surface area (TPSA) is 74.2 Å². The molecule has 96 valence electrons. The molecule has 0 bridgehead atoms. The van der Waals surface area contributed by atoms with Gasteiger partial charge >= 0.3 is 0 Å². The van der Waals surface area contributed by atoms with Crippen LogP contribution in [0.1, 0.15) is 57.0 Å². The average Bonchev–Trinajstić information content (AvgIpc) is 2.95. The molecule has 2 atom stereocenters. The molecular formula is C12H21N3O2. The fourth-order valence-electron chi connectivity index (χ4n) is 2.03. The molecule has 5 nitrogen and oxygen atoms in total.